The van der Waals surface area contributed by atoms with Crippen molar-refractivity contribution < 1.29 is 23.8 Å². The minimum absolute atomic E-state index is 0.0700. The Morgan fingerprint density at radius 1 is 1.30 bits per heavy atom. The lowest BCUT2D eigenvalue weighted by Gasteiger charge is -2.17. The summed E-state index contributed by atoms with van der Waals surface area (Å²) in [5.74, 6) is -0.128. The third kappa shape index (κ3) is 4.10. The summed E-state index contributed by atoms with van der Waals surface area (Å²) in [7, 11) is 0. The molecule has 1 aromatic carbocycles. The lowest BCUT2D eigenvalue weighted by molar-refractivity contribution is -0.145. The van der Waals surface area contributed by atoms with Gasteiger partial charge in [-0.2, -0.15) is 0 Å². The first-order valence-corrected chi connectivity index (χ1v) is 7.70. The molecule has 0 aromatic heterocycles. The van der Waals surface area contributed by atoms with Crippen LogP contribution in [0.2, 0.25) is 0 Å². The maximum Gasteiger partial charge on any atom is 0.338 e. The van der Waals surface area contributed by atoms with Crippen molar-refractivity contribution in [3.05, 3.63) is 35.4 Å². The number of hydrogen-bond donors (Lipinski definition) is 1. The summed E-state index contributed by atoms with van der Waals surface area (Å²) >= 11 is 0. The van der Waals surface area contributed by atoms with Crippen molar-refractivity contribution in [1.82, 2.24) is 5.32 Å². The smallest absolute Gasteiger partial charge is 0.338 e. The second kappa shape index (κ2) is 7.28. The van der Waals surface area contributed by atoms with Crippen LogP contribution >= 0.6 is 0 Å². The molecule has 2 aliphatic rings. The highest BCUT2D eigenvalue weighted by Crippen LogP contribution is 2.25. The molecule has 23 heavy (non-hydrogen) atoms. The number of esters is 1. The molecule has 1 aromatic rings. The van der Waals surface area contributed by atoms with Crippen molar-refractivity contribution in [2.75, 3.05) is 26.4 Å². The fourth-order valence-electron chi connectivity index (χ4n) is 2.54. The lowest BCUT2D eigenvalue weighted by Crippen LogP contribution is -2.35. The molecule has 122 valence electrons. The van der Waals surface area contributed by atoms with Crippen LogP contribution in [0.3, 0.4) is 0 Å². The van der Waals surface area contributed by atoms with Gasteiger partial charge in [-0.05, 0) is 25.0 Å². The van der Waals surface area contributed by atoms with Crippen LogP contribution in [0.5, 0.6) is 5.75 Å². The van der Waals surface area contributed by atoms with Crippen molar-refractivity contribution in [2.45, 2.75) is 18.9 Å². The van der Waals surface area contributed by atoms with E-state index in [1.54, 1.807) is 6.08 Å². The van der Waals surface area contributed by atoms with Gasteiger partial charge in [-0.15, -0.1) is 0 Å². The number of para-hydroxylation sites is 1. The lowest BCUT2D eigenvalue weighted by atomic mass is 10.1. The maximum absolute atomic E-state index is 12.0. The zero-order valence-corrected chi connectivity index (χ0v) is 12.7. The molecule has 3 rings (SSSR count). The summed E-state index contributed by atoms with van der Waals surface area (Å²) in [6.45, 7) is 1.04. The summed E-state index contributed by atoms with van der Waals surface area (Å²) in [6, 6.07) is 7.43. The zero-order valence-electron chi connectivity index (χ0n) is 12.7. The van der Waals surface area contributed by atoms with Crippen LogP contribution < -0.4 is 10.1 Å². The number of hydrogen-bond acceptors (Lipinski definition) is 5. The van der Waals surface area contributed by atoms with Crippen molar-refractivity contribution in [3.63, 3.8) is 0 Å². The molecule has 2 aliphatic heterocycles. The first-order valence-electron chi connectivity index (χ1n) is 7.70. The van der Waals surface area contributed by atoms with Crippen molar-refractivity contribution >= 4 is 18.0 Å². The van der Waals surface area contributed by atoms with Gasteiger partial charge >= 0.3 is 5.97 Å². The number of fused-ring (bicyclic) bond motifs is 1. The van der Waals surface area contributed by atoms with E-state index in [1.165, 1.54) is 0 Å². The molecule has 1 fully saturated rings. The highest BCUT2D eigenvalue weighted by Gasteiger charge is 2.20. The number of benzene rings is 1. The predicted octanol–water partition coefficient (Wildman–Crippen LogP) is 1.30. The normalized spacial score (nSPS) is 19.3. The molecule has 0 radical (unpaired) electrons. The first-order chi connectivity index (χ1) is 11.2. The van der Waals surface area contributed by atoms with Gasteiger partial charge in [0.25, 0.3) is 5.91 Å². The van der Waals surface area contributed by atoms with Crippen LogP contribution in [0.1, 0.15) is 18.4 Å². The standard InChI is InChI=1S/C17H19NO5/c19-16(18-9-14-5-3-7-21-14)11-23-17(20)13-8-12-4-1-2-6-15(12)22-10-13/h1-2,4,6,8,14H,3,5,7,9-11H2,(H,18,19)/t14-/m0/s1. The highest BCUT2D eigenvalue weighted by molar-refractivity contribution is 5.96. The quantitative estimate of drug-likeness (QED) is 0.829. The van der Waals surface area contributed by atoms with E-state index >= 15 is 0 Å². The molecule has 6 heteroatoms. The fraction of sp³-hybridized carbons (Fsp3) is 0.412. The number of carbonyl (C=O) groups excluding carboxylic acids is 2. The summed E-state index contributed by atoms with van der Waals surface area (Å²) in [6.07, 6.45) is 3.76. The van der Waals surface area contributed by atoms with Crippen molar-refractivity contribution in [1.29, 1.82) is 0 Å². The molecule has 0 saturated carbocycles. The van der Waals surface area contributed by atoms with Gasteiger partial charge in [0.1, 0.15) is 12.4 Å². The predicted molar refractivity (Wildman–Crippen MR) is 82.9 cm³/mol. The Labute approximate surface area is 134 Å². The van der Waals surface area contributed by atoms with Crippen LogP contribution in [-0.4, -0.2) is 44.3 Å². The topological polar surface area (TPSA) is 73.9 Å². The molecule has 1 N–H and O–H groups in total. The van der Waals surface area contributed by atoms with Gasteiger partial charge in [-0.1, -0.05) is 18.2 Å². The molecule has 0 spiro atoms. The van der Waals surface area contributed by atoms with Gasteiger partial charge in [-0.25, -0.2) is 4.79 Å². The van der Waals surface area contributed by atoms with Gasteiger partial charge in [0, 0.05) is 18.7 Å². The van der Waals surface area contributed by atoms with Crippen LogP contribution in [0.25, 0.3) is 6.08 Å². The van der Waals surface area contributed by atoms with Gasteiger partial charge in [0.2, 0.25) is 0 Å². The van der Waals surface area contributed by atoms with Crippen LogP contribution in [-0.2, 0) is 19.1 Å². The van der Waals surface area contributed by atoms with Crippen molar-refractivity contribution in [3.8, 4) is 5.75 Å². The highest BCUT2D eigenvalue weighted by atomic mass is 16.5. The van der Waals surface area contributed by atoms with E-state index in [1.807, 2.05) is 24.3 Å². The Morgan fingerprint density at radius 2 is 2.17 bits per heavy atom. The third-order valence-corrected chi connectivity index (χ3v) is 3.78. The first kappa shape index (κ1) is 15.6. The SMILES string of the molecule is O=C(COC(=O)C1=Cc2ccccc2OC1)NC[C@@H]1CCCO1. The maximum atomic E-state index is 12.0. The number of amides is 1. The number of nitrogens with one attached hydrogen (secondary N) is 1. The average Bonchev–Trinajstić information content (AvgIpc) is 3.11. The van der Waals surface area contributed by atoms with E-state index in [4.69, 9.17) is 14.2 Å². The van der Waals surface area contributed by atoms with E-state index in [0.29, 0.717) is 12.1 Å². The molecule has 2 heterocycles. The van der Waals surface area contributed by atoms with Gasteiger partial charge in [-0.3, -0.25) is 4.79 Å². The Hall–Kier alpha value is -2.34. The Kier molecular flexibility index (Phi) is 4.92. The molecule has 0 bridgehead atoms. The second-order valence-electron chi connectivity index (χ2n) is 5.51. The largest absolute Gasteiger partial charge is 0.488 e. The Morgan fingerprint density at radius 3 is 3.00 bits per heavy atom. The molecular weight excluding hydrogens is 298 g/mol. The van der Waals surface area contributed by atoms with E-state index in [2.05, 4.69) is 5.32 Å². The molecule has 1 saturated heterocycles. The minimum atomic E-state index is -0.535. The summed E-state index contributed by atoms with van der Waals surface area (Å²) in [5, 5.41) is 2.71. The van der Waals surface area contributed by atoms with Crippen LogP contribution in [0.15, 0.2) is 29.8 Å². The molecule has 6 nitrogen and oxygen atoms in total. The van der Waals surface area contributed by atoms with E-state index < -0.39 is 5.97 Å². The Bertz CT molecular complexity index is 619. The molecule has 0 aliphatic carbocycles. The number of carbonyl (C=O) groups is 2. The van der Waals surface area contributed by atoms with Crippen LogP contribution in [0, 0.1) is 0 Å². The summed E-state index contributed by atoms with van der Waals surface area (Å²) in [5.41, 5.74) is 1.23. The molecular formula is C17H19NO5. The molecule has 1 amide bonds. The molecule has 1 atom stereocenters. The summed E-state index contributed by atoms with van der Waals surface area (Å²) in [4.78, 5) is 23.7. The fourth-order valence-corrected chi connectivity index (χ4v) is 2.54. The average molecular weight is 317 g/mol. The Balaban J connectivity index is 1.46. The third-order valence-electron chi connectivity index (χ3n) is 3.78. The molecule has 0 unspecified atom stereocenters. The van der Waals surface area contributed by atoms with E-state index in [0.717, 1.165) is 30.8 Å². The zero-order chi connectivity index (χ0) is 16.1. The second-order valence-corrected chi connectivity index (χ2v) is 5.51. The van der Waals surface area contributed by atoms with Gasteiger partial charge < -0.3 is 19.5 Å². The van der Waals surface area contributed by atoms with Gasteiger partial charge in [0.15, 0.2) is 6.61 Å². The van der Waals surface area contributed by atoms with Crippen molar-refractivity contribution in [2.24, 2.45) is 0 Å². The minimum Gasteiger partial charge on any atom is -0.488 e. The monoisotopic (exact) mass is 317 g/mol. The van der Waals surface area contributed by atoms with Gasteiger partial charge in [0.05, 0.1) is 11.7 Å². The van der Waals surface area contributed by atoms with E-state index in [-0.39, 0.29) is 25.2 Å². The summed E-state index contributed by atoms with van der Waals surface area (Å²) < 4.78 is 15.9. The number of ether oxygens (including phenoxy) is 3. The van der Waals surface area contributed by atoms with E-state index in [9.17, 15) is 9.59 Å². The van der Waals surface area contributed by atoms with Crippen LogP contribution in [0.4, 0.5) is 0 Å². The number of rotatable bonds is 5.